The molecule has 0 bridgehead atoms. The molecule has 0 saturated carbocycles. The summed E-state index contributed by atoms with van der Waals surface area (Å²) < 4.78 is 6.79. The molecule has 0 spiro atoms. The number of carbonyl (C=O) groups excluding carboxylic acids is 1. The second-order valence-corrected chi connectivity index (χ2v) is 7.31. The Labute approximate surface area is 145 Å². The molecule has 1 aromatic heterocycles. The molecule has 0 radical (unpaired) electrons. The first-order valence-corrected chi connectivity index (χ1v) is 8.51. The number of aliphatic hydroxyl groups excluding tert-OH is 1. The third-order valence-corrected chi connectivity index (χ3v) is 4.47. The van der Waals surface area contributed by atoms with E-state index in [1.807, 2.05) is 21.0 Å². The number of pyridine rings is 1. The van der Waals surface area contributed by atoms with Crippen LogP contribution in [0.3, 0.4) is 0 Å². The first-order chi connectivity index (χ1) is 10.8. The molecule has 0 unspecified atom stereocenters. The average Bonchev–Trinajstić information content (AvgIpc) is 2.50. The summed E-state index contributed by atoms with van der Waals surface area (Å²) >= 11 is 3.36. The van der Waals surface area contributed by atoms with Crippen molar-refractivity contribution in [3.8, 4) is 5.88 Å². The molecule has 1 N–H and O–H groups in total. The Morgan fingerprint density at radius 1 is 1.57 bits per heavy atom. The molecule has 128 valence electrons. The highest BCUT2D eigenvalue weighted by molar-refractivity contribution is 9.10. The summed E-state index contributed by atoms with van der Waals surface area (Å²) in [6.07, 6.45) is 1.55. The molecule has 1 amide bonds. The number of rotatable bonds is 4. The van der Waals surface area contributed by atoms with Crippen LogP contribution in [0.2, 0.25) is 0 Å². The summed E-state index contributed by atoms with van der Waals surface area (Å²) in [4.78, 5) is 20.9. The second kappa shape index (κ2) is 7.59. The van der Waals surface area contributed by atoms with Crippen molar-refractivity contribution in [3.05, 3.63) is 22.3 Å². The van der Waals surface area contributed by atoms with Crippen LogP contribution in [0.25, 0.3) is 0 Å². The second-order valence-electron chi connectivity index (χ2n) is 6.39. The number of carbonyl (C=O) groups is 1. The van der Waals surface area contributed by atoms with E-state index >= 15 is 0 Å². The number of hydrogen-bond acceptors (Lipinski definition) is 5. The van der Waals surface area contributed by atoms with Gasteiger partial charge in [0.25, 0.3) is 5.91 Å². The standard InChI is InChI=1S/C16H24BrN3O3/c1-10-7-20(11(2)9-21)16(22)13-5-12(17)6-18-15(13)23-14(10)8-19(3)4/h5-6,10-11,14,21H,7-9H2,1-4H3/t10-,11+,14-/m0/s1. The van der Waals surface area contributed by atoms with Gasteiger partial charge in [-0.15, -0.1) is 0 Å². The Morgan fingerprint density at radius 2 is 2.26 bits per heavy atom. The van der Waals surface area contributed by atoms with Crippen LogP contribution < -0.4 is 4.74 Å². The third-order valence-electron chi connectivity index (χ3n) is 4.03. The van der Waals surface area contributed by atoms with E-state index in [2.05, 4.69) is 32.7 Å². The predicted octanol–water partition coefficient (Wildman–Crippen LogP) is 1.63. The van der Waals surface area contributed by atoms with Crippen LogP contribution in [0.1, 0.15) is 24.2 Å². The largest absolute Gasteiger partial charge is 0.472 e. The number of likely N-dealkylation sites (N-methyl/N-ethyl adjacent to an activating group) is 1. The maximum absolute atomic E-state index is 12.9. The molecule has 23 heavy (non-hydrogen) atoms. The Bertz CT molecular complexity index is 568. The van der Waals surface area contributed by atoms with Gasteiger partial charge in [-0.25, -0.2) is 4.98 Å². The predicted molar refractivity (Wildman–Crippen MR) is 91.7 cm³/mol. The fraction of sp³-hybridized carbons (Fsp3) is 0.625. The molecule has 2 heterocycles. The van der Waals surface area contributed by atoms with Crippen molar-refractivity contribution in [3.63, 3.8) is 0 Å². The molecule has 3 atom stereocenters. The first-order valence-electron chi connectivity index (χ1n) is 7.72. The van der Waals surface area contributed by atoms with E-state index < -0.39 is 0 Å². The Kier molecular flexibility index (Phi) is 6.00. The van der Waals surface area contributed by atoms with E-state index in [9.17, 15) is 9.90 Å². The summed E-state index contributed by atoms with van der Waals surface area (Å²) in [5.74, 6) is 0.311. The molecular weight excluding hydrogens is 362 g/mol. The molecule has 1 aliphatic rings. The van der Waals surface area contributed by atoms with Crippen LogP contribution in [-0.2, 0) is 0 Å². The maximum Gasteiger partial charge on any atom is 0.259 e. The van der Waals surface area contributed by atoms with Crippen molar-refractivity contribution < 1.29 is 14.6 Å². The van der Waals surface area contributed by atoms with Crippen molar-refractivity contribution in [1.29, 1.82) is 0 Å². The number of nitrogens with zero attached hydrogens (tertiary/aromatic N) is 3. The summed E-state index contributed by atoms with van der Waals surface area (Å²) in [6.45, 7) is 5.09. The number of fused-ring (bicyclic) bond motifs is 1. The van der Waals surface area contributed by atoms with Gasteiger partial charge in [-0.3, -0.25) is 4.79 Å². The molecule has 6 nitrogen and oxygen atoms in total. The Balaban J connectivity index is 2.45. The van der Waals surface area contributed by atoms with E-state index in [0.29, 0.717) is 18.0 Å². The van der Waals surface area contributed by atoms with E-state index in [1.165, 1.54) is 0 Å². The molecule has 2 rings (SSSR count). The van der Waals surface area contributed by atoms with Crippen molar-refractivity contribution in [2.75, 3.05) is 33.8 Å². The van der Waals surface area contributed by atoms with Gasteiger partial charge in [0, 0.05) is 29.7 Å². The van der Waals surface area contributed by atoms with Crippen molar-refractivity contribution in [1.82, 2.24) is 14.8 Å². The van der Waals surface area contributed by atoms with Gasteiger partial charge in [0.15, 0.2) is 0 Å². The fourth-order valence-corrected chi connectivity index (χ4v) is 2.99. The SMILES string of the molecule is C[C@H](CO)N1C[C@H](C)[C@H](CN(C)C)Oc2ncc(Br)cc2C1=O. The van der Waals surface area contributed by atoms with Gasteiger partial charge < -0.3 is 19.6 Å². The quantitative estimate of drug-likeness (QED) is 0.852. The number of amides is 1. The average molecular weight is 386 g/mol. The summed E-state index contributed by atoms with van der Waals surface area (Å²) in [5, 5.41) is 9.51. The number of ether oxygens (including phenoxy) is 1. The minimum atomic E-state index is -0.255. The molecule has 0 aliphatic carbocycles. The Morgan fingerprint density at radius 3 is 2.87 bits per heavy atom. The molecule has 0 fully saturated rings. The van der Waals surface area contributed by atoms with E-state index in [4.69, 9.17) is 4.74 Å². The van der Waals surface area contributed by atoms with Gasteiger partial charge in [-0.1, -0.05) is 6.92 Å². The van der Waals surface area contributed by atoms with Crippen LogP contribution in [0.4, 0.5) is 0 Å². The first kappa shape index (κ1) is 18.2. The monoisotopic (exact) mass is 385 g/mol. The molecule has 1 aromatic rings. The Hall–Kier alpha value is -1.18. The minimum Gasteiger partial charge on any atom is -0.472 e. The van der Waals surface area contributed by atoms with Crippen LogP contribution in [-0.4, -0.2) is 71.7 Å². The van der Waals surface area contributed by atoms with Crippen LogP contribution in [0.15, 0.2) is 16.7 Å². The van der Waals surface area contributed by atoms with Crippen LogP contribution in [0, 0.1) is 5.92 Å². The zero-order valence-corrected chi connectivity index (χ0v) is 15.6. The molecule has 7 heteroatoms. The van der Waals surface area contributed by atoms with Gasteiger partial charge in [0.05, 0.1) is 12.6 Å². The van der Waals surface area contributed by atoms with Gasteiger partial charge >= 0.3 is 0 Å². The smallest absolute Gasteiger partial charge is 0.259 e. The lowest BCUT2D eigenvalue weighted by Crippen LogP contribution is -2.49. The van der Waals surface area contributed by atoms with E-state index in [-0.39, 0.29) is 30.6 Å². The third kappa shape index (κ3) is 4.22. The lowest BCUT2D eigenvalue weighted by Gasteiger charge is -2.37. The summed E-state index contributed by atoms with van der Waals surface area (Å²) in [7, 11) is 3.98. The molecule has 0 aromatic carbocycles. The maximum atomic E-state index is 12.9. The van der Waals surface area contributed by atoms with Gasteiger partial charge in [0.2, 0.25) is 5.88 Å². The fourth-order valence-electron chi connectivity index (χ4n) is 2.65. The summed E-state index contributed by atoms with van der Waals surface area (Å²) in [6, 6.07) is 1.47. The van der Waals surface area contributed by atoms with Gasteiger partial charge in [-0.05, 0) is 43.0 Å². The van der Waals surface area contributed by atoms with Crippen molar-refractivity contribution >= 4 is 21.8 Å². The highest BCUT2D eigenvalue weighted by atomic mass is 79.9. The molecule has 1 aliphatic heterocycles. The van der Waals surface area contributed by atoms with Crippen molar-refractivity contribution in [2.24, 2.45) is 5.92 Å². The van der Waals surface area contributed by atoms with Crippen molar-refractivity contribution in [2.45, 2.75) is 26.0 Å². The highest BCUT2D eigenvalue weighted by Crippen LogP contribution is 2.28. The number of hydrogen-bond donors (Lipinski definition) is 1. The summed E-state index contributed by atoms with van der Waals surface area (Å²) in [5.41, 5.74) is 0.426. The topological polar surface area (TPSA) is 65.9 Å². The molecular formula is C16H24BrN3O3. The van der Waals surface area contributed by atoms with Gasteiger partial charge in [-0.2, -0.15) is 0 Å². The molecule has 0 saturated heterocycles. The zero-order valence-electron chi connectivity index (χ0n) is 14.0. The lowest BCUT2D eigenvalue weighted by molar-refractivity contribution is 0.0348. The van der Waals surface area contributed by atoms with Gasteiger partial charge in [0.1, 0.15) is 11.7 Å². The zero-order chi connectivity index (χ0) is 17.1. The van der Waals surface area contributed by atoms with Crippen LogP contribution in [0.5, 0.6) is 5.88 Å². The number of aliphatic hydroxyl groups is 1. The van der Waals surface area contributed by atoms with E-state index in [1.54, 1.807) is 17.2 Å². The minimum absolute atomic E-state index is 0.0750. The normalized spacial score (nSPS) is 23.1. The number of aromatic nitrogens is 1. The van der Waals surface area contributed by atoms with E-state index in [0.717, 1.165) is 11.0 Å². The lowest BCUT2D eigenvalue weighted by atomic mass is 10.0. The number of halogens is 1. The van der Waals surface area contributed by atoms with Crippen LogP contribution >= 0.6 is 15.9 Å². The highest BCUT2D eigenvalue weighted by Gasteiger charge is 2.33.